The standard InChI is InChI=1S/C11H10BrClN2OS/c1-15(5-7-2-10(12)17-6-7)11(16)9-3-8(13)4-14-9/h2-4,6,14H,5H2,1H3. The number of amides is 1. The van der Waals surface area contributed by atoms with Crippen LogP contribution in [0.2, 0.25) is 5.02 Å². The number of carbonyl (C=O) groups excluding carboxylic acids is 1. The predicted octanol–water partition coefficient (Wildman–Crippen LogP) is 3.76. The number of nitrogens with zero attached hydrogens (tertiary/aromatic N) is 1. The molecular weight excluding hydrogens is 324 g/mol. The van der Waals surface area contributed by atoms with Gasteiger partial charge < -0.3 is 9.88 Å². The number of halogens is 2. The summed E-state index contributed by atoms with van der Waals surface area (Å²) < 4.78 is 1.07. The maximum absolute atomic E-state index is 12.0. The summed E-state index contributed by atoms with van der Waals surface area (Å²) in [6, 6.07) is 3.64. The molecule has 17 heavy (non-hydrogen) atoms. The molecule has 2 aromatic heterocycles. The van der Waals surface area contributed by atoms with Crippen molar-refractivity contribution in [1.82, 2.24) is 9.88 Å². The molecule has 1 amide bonds. The van der Waals surface area contributed by atoms with Crippen LogP contribution in [0, 0.1) is 0 Å². The molecule has 0 saturated carbocycles. The van der Waals surface area contributed by atoms with Gasteiger partial charge in [0, 0.05) is 19.8 Å². The number of nitrogens with one attached hydrogen (secondary N) is 1. The van der Waals surface area contributed by atoms with E-state index in [-0.39, 0.29) is 5.91 Å². The number of aromatic amines is 1. The van der Waals surface area contributed by atoms with E-state index in [4.69, 9.17) is 11.6 Å². The topological polar surface area (TPSA) is 36.1 Å². The SMILES string of the molecule is CN(Cc1csc(Br)c1)C(=O)c1cc(Cl)c[nH]1. The van der Waals surface area contributed by atoms with Crippen molar-refractivity contribution < 1.29 is 4.79 Å². The zero-order chi connectivity index (χ0) is 12.4. The van der Waals surface area contributed by atoms with Crippen molar-refractivity contribution >= 4 is 44.8 Å². The third-order valence-corrected chi connectivity index (χ3v) is 4.04. The minimum Gasteiger partial charge on any atom is -0.356 e. The van der Waals surface area contributed by atoms with E-state index in [0.717, 1.165) is 9.35 Å². The van der Waals surface area contributed by atoms with Crippen molar-refractivity contribution in [2.75, 3.05) is 7.05 Å². The number of rotatable bonds is 3. The highest BCUT2D eigenvalue weighted by molar-refractivity contribution is 9.11. The lowest BCUT2D eigenvalue weighted by Crippen LogP contribution is -2.26. The van der Waals surface area contributed by atoms with Gasteiger partial charge in [-0.3, -0.25) is 4.79 Å². The Labute approximate surface area is 117 Å². The minimum absolute atomic E-state index is 0.0702. The normalized spacial score (nSPS) is 10.5. The molecule has 2 aromatic rings. The molecule has 0 bridgehead atoms. The second-order valence-electron chi connectivity index (χ2n) is 3.65. The lowest BCUT2D eigenvalue weighted by molar-refractivity contribution is 0.0780. The Kier molecular flexibility index (Phi) is 3.91. The van der Waals surface area contributed by atoms with Crippen molar-refractivity contribution in [1.29, 1.82) is 0 Å². The average molecular weight is 334 g/mol. The zero-order valence-electron chi connectivity index (χ0n) is 9.04. The molecule has 0 aromatic carbocycles. The monoisotopic (exact) mass is 332 g/mol. The maximum atomic E-state index is 12.0. The molecule has 0 spiro atoms. The van der Waals surface area contributed by atoms with Gasteiger partial charge in [-0.2, -0.15) is 0 Å². The number of hydrogen-bond acceptors (Lipinski definition) is 2. The van der Waals surface area contributed by atoms with E-state index in [0.29, 0.717) is 17.3 Å². The maximum Gasteiger partial charge on any atom is 0.270 e. The highest BCUT2D eigenvalue weighted by Gasteiger charge is 2.14. The van der Waals surface area contributed by atoms with E-state index < -0.39 is 0 Å². The van der Waals surface area contributed by atoms with Crippen molar-refractivity contribution in [3.05, 3.63) is 43.8 Å². The first kappa shape index (κ1) is 12.7. The van der Waals surface area contributed by atoms with Gasteiger partial charge in [0.15, 0.2) is 0 Å². The number of thiophene rings is 1. The second-order valence-corrected chi connectivity index (χ2v) is 6.38. The van der Waals surface area contributed by atoms with Gasteiger partial charge in [0.2, 0.25) is 0 Å². The van der Waals surface area contributed by atoms with Crippen LogP contribution in [0.15, 0.2) is 27.5 Å². The van der Waals surface area contributed by atoms with E-state index >= 15 is 0 Å². The Bertz CT molecular complexity index is 537. The molecule has 0 aliphatic rings. The summed E-state index contributed by atoms with van der Waals surface area (Å²) in [4.78, 5) is 16.5. The van der Waals surface area contributed by atoms with Crippen LogP contribution in [0.25, 0.3) is 0 Å². The average Bonchev–Trinajstić information content (AvgIpc) is 2.87. The lowest BCUT2D eigenvalue weighted by atomic mass is 10.3. The number of aromatic nitrogens is 1. The fourth-order valence-electron chi connectivity index (χ4n) is 1.47. The Morgan fingerprint density at radius 3 is 2.88 bits per heavy atom. The van der Waals surface area contributed by atoms with Crippen LogP contribution in [-0.4, -0.2) is 22.8 Å². The van der Waals surface area contributed by atoms with Crippen LogP contribution in [-0.2, 0) is 6.54 Å². The van der Waals surface area contributed by atoms with Crippen molar-refractivity contribution in [2.24, 2.45) is 0 Å². The highest BCUT2D eigenvalue weighted by Crippen LogP contribution is 2.22. The predicted molar refractivity (Wildman–Crippen MR) is 73.6 cm³/mol. The van der Waals surface area contributed by atoms with Crippen molar-refractivity contribution in [2.45, 2.75) is 6.54 Å². The first-order valence-electron chi connectivity index (χ1n) is 4.88. The van der Waals surface area contributed by atoms with Gasteiger partial charge in [-0.1, -0.05) is 11.6 Å². The molecule has 2 heterocycles. The van der Waals surface area contributed by atoms with Gasteiger partial charge in [-0.25, -0.2) is 0 Å². The third kappa shape index (κ3) is 3.12. The summed E-state index contributed by atoms with van der Waals surface area (Å²) in [5.41, 5.74) is 1.61. The van der Waals surface area contributed by atoms with Gasteiger partial charge in [0.25, 0.3) is 5.91 Å². The highest BCUT2D eigenvalue weighted by atomic mass is 79.9. The molecule has 90 valence electrons. The molecule has 0 fully saturated rings. The quantitative estimate of drug-likeness (QED) is 0.912. The van der Waals surface area contributed by atoms with E-state index in [2.05, 4.69) is 20.9 Å². The Morgan fingerprint density at radius 2 is 2.35 bits per heavy atom. The molecule has 0 radical (unpaired) electrons. The Hall–Kier alpha value is -0.780. The summed E-state index contributed by atoms with van der Waals surface area (Å²) in [6.45, 7) is 0.581. The van der Waals surface area contributed by atoms with E-state index in [1.807, 2.05) is 11.4 Å². The largest absolute Gasteiger partial charge is 0.356 e. The summed E-state index contributed by atoms with van der Waals surface area (Å²) in [6.07, 6.45) is 1.60. The number of carbonyl (C=O) groups is 1. The molecule has 0 aliphatic heterocycles. The van der Waals surface area contributed by atoms with Gasteiger partial charge >= 0.3 is 0 Å². The summed E-state index contributed by atoms with van der Waals surface area (Å²) in [7, 11) is 1.77. The summed E-state index contributed by atoms with van der Waals surface area (Å²) in [5.74, 6) is -0.0702. The summed E-state index contributed by atoms with van der Waals surface area (Å²) in [5, 5.41) is 2.57. The number of hydrogen-bond donors (Lipinski definition) is 1. The summed E-state index contributed by atoms with van der Waals surface area (Å²) >= 11 is 10.8. The van der Waals surface area contributed by atoms with E-state index in [9.17, 15) is 4.79 Å². The lowest BCUT2D eigenvalue weighted by Gasteiger charge is -2.15. The van der Waals surface area contributed by atoms with Gasteiger partial charge in [0.05, 0.1) is 8.81 Å². The minimum atomic E-state index is -0.0702. The van der Waals surface area contributed by atoms with Crippen LogP contribution in [0.5, 0.6) is 0 Å². The van der Waals surface area contributed by atoms with Crippen LogP contribution < -0.4 is 0 Å². The first-order valence-corrected chi connectivity index (χ1v) is 6.93. The van der Waals surface area contributed by atoms with Gasteiger partial charge in [-0.05, 0) is 39.0 Å². The second kappa shape index (κ2) is 5.25. The Balaban J connectivity index is 2.05. The Morgan fingerprint density at radius 1 is 1.59 bits per heavy atom. The van der Waals surface area contributed by atoms with Gasteiger partial charge in [0.1, 0.15) is 5.69 Å². The number of H-pyrrole nitrogens is 1. The molecule has 0 unspecified atom stereocenters. The van der Waals surface area contributed by atoms with E-state index in [1.165, 1.54) is 0 Å². The smallest absolute Gasteiger partial charge is 0.270 e. The van der Waals surface area contributed by atoms with Crippen LogP contribution in [0.3, 0.4) is 0 Å². The molecule has 2 rings (SSSR count). The molecule has 0 atom stereocenters. The molecule has 0 aliphatic carbocycles. The molecule has 3 nitrogen and oxygen atoms in total. The van der Waals surface area contributed by atoms with Crippen LogP contribution in [0.4, 0.5) is 0 Å². The van der Waals surface area contributed by atoms with E-state index in [1.54, 1.807) is 35.5 Å². The zero-order valence-corrected chi connectivity index (χ0v) is 12.2. The molecule has 1 N–H and O–H groups in total. The van der Waals surface area contributed by atoms with Crippen molar-refractivity contribution in [3.63, 3.8) is 0 Å². The molecule has 6 heteroatoms. The van der Waals surface area contributed by atoms with Gasteiger partial charge in [-0.15, -0.1) is 11.3 Å². The third-order valence-electron chi connectivity index (χ3n) is 2.27. The molecular formula is C11H10BrClN2OS. The first-order chi connectivity index (χ1) is 8.06. The fraction of sp³-hybridized carbons (Fsp3) is 0.182. The molecule has 0 saturated heterocycles. The fourth-order valence-corrected chi connectivity index (χ4v) is 2.84. The van der Waals surface area contributed by atoms with Crippen LogP contribution >= 0.6 is 38.9 Å². The van der Waals surface area contributed by atoms with Crippen LogP contribution in [0.1, 0.15) is 16.1 Å². The van der Waals surface area contributed by atoms with Crippen molar-refractivity contribution in [3.8, 4) is 0 Å².